The van der Waals surface area contributed by atoms with Crippen molar-refractivity contribution in [1.82, 2.24) is 5.32 Å². The maximum absolute atomic E-state index is 3.05. The summed E-state index contributed by atoms with van der Waals surface area (Å²) >= 11 is 0. The van der Waals surface area contributed by atoms with Gasteiger partial charge in [0.25, 0.3) is 0 Å². The van der Waals surface area contributed by atoms with E-state index in [1.54, 1.807) is 0 Å². The summed E-state index contributed by atoms with van der Waals surface area (Å²) in [5, 5.41) is 3.05. The van der Waals surface area contributed by atoms with E-state index >= 15 is 0 Å². The maximum atomic E-state index is 3.05. The van der Waals surface area contributed by atoms with Crippen molar-refractivity contribution >= 4 is 0 Å². The van der Waals surface area contributed by atoms with Gasteiger partial charge < -0.3 is 5.32 Å². The van der Waals surface area contributed by atoms with Crippen LogP contribution in [0.25, 0.3) is 0 Å². The van der Waals surface area contributed by atoms with E-state index in [-0.39, 0.29) is 0 Å². The van der Waals surface area contributed by atoms with Crippen LogP contribution in [0.3, 0.4) is 0 Å². The quantitative estimate of drug-likeness (QED) is 0.592. The largest absolute Gasteiger partial charge is 0.392 e. The average Bonchev–Trinajstić information content (AvgIpc) is 1.87. The van der Waals surface area contributed by atoms with Crippen LogP contribution in [0.1, 0.15) is 20.8 Å². The number of rotatable bonds is 3. The lowest BCUT2D eigenvalue weighted by atomic mass is 10.2. The topological polar surface area (TPSA) is 12.0 Å². The van der Waals surface area contributed by atoms with Crippen molar-refractivity contribution in [3.63, 3.8) is 0 Å². The molecule has 0 rings (SSSR count). The van der Waals surface area contributed by atoms with Crippen LogP contribution in [0, 0.1) is 5.92 Å². The molecule has 0 amide bonds. The smallest absolute Gasteiger partial charge is 0.00723 e. The van der Waals surface area contributed by atoms with Crippen molar-refractivity contribution in [2.24, 2.45) is 5.92 Å². The number of nitrogens with one attached hydrogen (secondary N) is 1. The molecule has 0 spiro atoms. The SMILES string of the molecule is CN/C(C)=C/C=C\C(C)C. The Hall–Kier alpha value is -0.720. The first-order chi connectivity index (χ1) is 4.66. The van der Waals surface area contributed by atoms with E-state index in [9.17, 15) is 0 Å². The number of hydrogen-bond donors (Lipinski definition) is 1. The summed E-state index contributed by atoms with van der Waals surface area (Å²) in [4.78, 5) is 0. The molecule has 0 aliphatic heterocycles. The molecule has 1 nitrogen and oxygen atoms in total. The highest BCUT2D eigenvalue weighted by Gasteiger charge is 1.80. The summed E-state index contributed by atoms with van der Waals surface area (Å²) in [5.41, 5.74) is 1.19. The Labute approximate surface area is 63.8 Å². The minimum atomic E-state index is 0.640. The highest BCUT2D eigenvalue weighted by Crippen LogP contribution is 1.94. The Morgan fingerprint density at radius 1 is 1.40 bits per heavy atom. The van der Waals surface area contributed by atoms with Gasteiger partial charge in [-0.05, 0) is 18.9 Å². The van der Waals surface area contributed by atoms with Crippen LogP contribution in [0.15, 0.2) is 23.9 Å². The lowest BCUT2D eigenvalue weighted by molar-refractivity contribution is 0.831. The second-order valence-electron chi connectivity index (χ2n) is 2.73. The lowest BCUT2D eigenvalue weighted by Gasteiger charge is -1.95. The first-order valence-electron chi connectivity index (χ1n) is 3.69. The molecule has 0 bridgehead atoms. The molecule has 0 aliphatic carbocycles. The van der Waals surface area contributed by atoms with Gasteiger partial charge in [-0.3, -0.25) is 0 Å². The normalized spacial score (nSPS) is 13.1. The van der Waals surface area contributed by atoms with Crippen molar-refractivity contribution < 1.29 is 0 Å². The van der Waals surface area contributed by atoms with E-state index in [2.05, 4.69) is 37.4 Å². The molecule has 0 aliphatic rings. The zero-order chi connectivity index (χ0) is 7.98. The van der Waals surface area contributed by atoms with E-state index in [1.165, 1.54) is 5.70 Å². The van der Waals surface area contributed by atoms with Gasteiger partial charge in [0.2, 0.25) is 0 Å². The van der Waals surface area contributed by atoms with E-state index in [0.717, 1.165) is 0 Å². The van der Waals surface area contributed by atoms with Gasteiger partial charge in [0.05, 0.1) is 0 Å². The molecular weight excluding hydrogens is 122 g/mol. The van der Waals surface area contributed by atoms with E-state index in [4.69, 9.17) is 0 Å². The minimum Gasteiger partial charge on any atom is -0.392 e. The third kappa shape index (κ3) is 5.42. The Kier molecular flexibility index (Phi) is 4.73. The molecule has 0 heterocycles. The predicted molar refractivity (Wildman–Crippen MR) is 46.8 cm³/mol. The van der Waals surface area contributed by atoms with Crippen LogP contribution in [-0.2, 0) is 0 Å². The monoisotopic (exact) mass is 139 g/mol. The molecule has 0 saturated heterocycles. The maximum Gasteiger partial charge on any atom is 0.00723 e. The molecule has 10 heavy (non-hydrogen) atoms. The van der Waals surface area contributed by atoms with Crippen LogP contribution in [-0.4, -0.2) is 7.05 Å². The van der Waals surface area contributed by atoms with Gasteiger partial charge in [0.15, 0.2) is 0 Å². The third-order valence-electron chi connectivity index (χ3n) is 1.24. The zero-order valence-corrected chi connectivity index (χ0v) is 7.31. The summed E-state index contributed by atoms with van der Waals surface area (Å²) in [7, 11) is 1.93. The molecule has 0 unspecified atom stereocenters. The Morgan fingerprint density at radius 3 is 2.40 bits per heavy atom. The molecule has 58 valence electrons. The summed E-state index contributed by atoms with van der Waals surface area (Å²) in [6.45, 7) is 6.38. The van der Waals surface area contributed by atoms with E-state index in [1.807, 2.05) is 14.0 Å². The fraction of sp³-hybridized carbons (Fsp3) is 0.556. The average molecular weight is 139 g/mol. The van der Waals surface area contributed by atoms with Crippen molar-refractivity contribution in [3.8, 4) is 0 Å². The summed E-state index contributed by atoms with van der Waals surface area (Å²) in [6.07, 6.45) is 6.32. The Bertz CT molecular complexity index is 132. The molecule has 0 fully saturated rings. The van der Waals surface area contributed by atoms with Gasteiger partial charge in [-0.2, -0.15) is 0 Å². The molecule has 0 aromatic carbocycles. The molecule has 1 heteroatoms. The summed E-state index contributed by atoms with van der Waals surface area (Å²) in [5.74, 6) is 0.640. The third-order valence-corrected chi connectivity index (χ3v) is 1.24. The molecular formula is C9H17N. The molecule has 0 aromatic heterocycles. The van der Waals surface area contributed by atoms with Crippen molar-refractivity contribution in [2.75, 3.05) is 7.05 Å². The Morgan fingerprint density at radius 2 is 2.00 bits per heavy atom. The fourth-order valence-electron chi connectivity index (χ4n) is 0.505. The minimum absolute atomic E-state index is 0.640. The standard InChI is InChI=1S/C9H17N/c1-8(2)6-5-7-9(3)10-4/h5-8,10H,1-4H3/b6-5-,9-7+. The molecule has 0 radical (unpaired) electrons. The molecule has 0 saturated carbocycles. The predicted octanol–water partition coefficient (Wildman–Crippen LogP) is 2.32. The first-order valence-corrected chi connectivity index (χ1v) is 3.69. The van der Waals surface area contributed by atoms with Crippen molar-refractivity contribution in [1.29, 1.82) is 0 Å². The lowest BCUT2D eigenvalue weighted by Crippen LogP contribution is -2.00. The van der Waals surface area contributed by atoms with Crippen molar-refractivity contribution in [3.05, 3.63) is 23.9 Å². The van der Waals surface area contributed by atoms with Gasteiger partial charge >= 0.3 is 0 Å². The van der Waals surface area contributed by atoms with Crippen LogP contribution in [0.5, 0.6) is 0 Å². The highest BCUT2D eigenvalue weighted by atomic mass is 14.8. The molecule has 1 N–H and O–H groups in total. The van der Waals surface area contributed by atoms with Crippen molar-refractivity contribution in [2.45, 2.75) is 20.8 Å². The van der Waals surface area contributed by atoms with Gasteiger partial charge in [-0.25, -0.2) is 0 Å². The zero-order valence-electron chi connectivity index (χ0n) is 7.31. The van der Waals surface area contributed by atoms with Crippen LogP contribution in [0.4, 0.5) is 0 Å². The van der Waals surface area contributed by atoms with E-state index in [0.29, 0.717) is 5.92 Å². The van der Waals surface area contributed by atoms with Gasteiger partial charge in [0, 0.05) is 12.7 Å². The summed E-state index contributed by atoms with van der Waals surface area (Å²) < 4.78 is 0. The summed E-state index contributed by atoms with van der Waals surface area (Å²) in [6, 6.07) is 0. The fourth-order valence-corrected chi connectivity index (χ4v) is 0.505. The van der Waals surface area contributed by atoms with Crippen LogP contribution < -0.4 is 5.32 Å². The number of allylic oxidation sites excluding steroid dienone is 4. The second kappa shape index (κ2) is 5.10. The van der Waals surface area contributed by atoms with Gasteiger partial charge in [-0.1, -0.05) is 26.0 Å². The highest BCUT2D eigenvalue weighted by molar-refractivity contribution is 5.08. The van der Waals surface area contributed by atoms with Gasteiger partial charge in [-0.15, -0.1) is 0 Å². The van der Waals surface area contributed by atoms with Crippen LogP contribution in [0.2, 0.25) is 0 Å². The van der Waals surface area contributed by atoms with Gasteiger partial charge in [0.1, 0.15) is 0 Å². The first kappa shape index (κ1) is 9.28. The molecule has 0 aromatic rings. The van der Waals surface area contributed by atoms with E-state index < -0.39 is 0 Å². The Balaban J connectivity index is 3.70. The number of hydrogen-bond acceptors (Lipinski definition) is 1. The molecule has 0 atom stereocenters. The second-order valence-corrected chi connectivity index (χ2v) is 2.73. The van der Waals surface area contributed by atoms with Crippen LogP contribution >= 0.6 is 0 Å².